The second kappa shape index (κ2) is 6.99. The lowest BCUT2D eigenvalue weighted by Gasteiger charge is -2.34. The van der Waals surface area contributed by atoms with Crippen molar-refractivity contribution in [1.29, 1.82) is 0 Å². The lowest BCUT2D eigenvalue weighted by atomic mass is 10.1. The Hall–Kier alpha value is -1.78. The molecule has 4 heteroatoms. The Balaban J connectivity index is 1.33. The monoisotopic (exact) mass is 322 g/mol. The molecule has 0 radical (unpaired) electrons. The van der Waals surface area contributed by atoms with E-state index in [9.17, 15) is 0 Å². The minimum atomic E-state index is 0.825. The van der Waals surface area contributed by atoms with Crippen LogP contribution >= 0.6 is 0 Å². The van der Waals surface area contributed by atoms with Crippen LogP contribution in [0.3, 0.4) is 0 Å². The summed E-state index contributed by atoms with van der Waals surface area (Å²) in [6, 6.07) is 8.29. The van der Waals surface area contributed by atoms with E-state index in [0.29, 0.717) is 0 Å². The fourth-order valence-corrected chi connectivity index (χ4v) is 3.45. The molecule has 4 nitrogen and oxygen atoms in total. The number of rotatable bonds is 5. The number of piperazine rings is 1. The van der Waals surface area contributed by atoms with Crippen LogP contribution in [-0.2, 0) is 6.54 Å². The van der Waals surface area contributed by atoms with Crippen LogP contribution in [0.25, 0.3) is 11.4 Å². The molecule has 1 saturated heterocycles. The Kier molecular flexibility index (Phi) is 4.58. The van der Waals surface area contributed by atoms with Crippen molar-refractivity contribution in [3.05, 3.63) is 47.8 Å². The SMILES string of the molecule is Cc1ccccc1-c1ncc(CN2CCN(CC3CC3)CC2)cn1. The van der Waals surface area contributed by atoms with Gasteiger partial charge in [0.05, 0.1) is 0 Å². The zero-order valence-electron chi connectivity index (χ0n) is 14.5. The highest BCUT2D eigenvalue weighted by Gasteiger charge is 2.26. The highest BCUT2D eigenvalue weighted by atomic mass is 15.3. The highest BCUT2D eigenvalue weighted by molar-refractivity contribution is 5.59. The summed E-state index contributed by atoms with van der Waals surface area (Å²) in [5.74, 6) is 1.82. The van der Waals surface area contributed by atoms with Gasteiger partial charge in [-0.2, -0.15) is 0 Å². The van der Waals surface area contributed by atoms with Crippen LogP contribution in [0, 0.1) is 12.8 Å². The van der Waals surface area contributed by atoms with Crippen LogP contribution in [0.4, 0.5) is 0 Å². The van der Waals surface area contributed by atoms with Gasteiger partial charge < -0.3 is 4.90 Å². The summed E-state index contributed by atoms with van der Waals surface area (Å²) in [7, 11) is 0. The van der Waals surface area contributed by atoms with Crippen LogP contribution < -0.4 is 0 Å². The first-order valence-corrected chi connectivity index (χ1v) is 9.09. The third-order valence-corrected chi connectivity index (χ3v) is 5.18. The van der Waals surface area contributed by atoms with Gasteiger partial charge in [-0.05, 0) is 31.2 Å². The molecule has 0 spiro atoms. The van der Waals surface area contributed by atoms with Crippen LogP contribution in [0.1, 0.15) is 24.0 Å². The summed E-state index contributed by atoms with van der Waals surface area (Å²) in [6.07, 6.45) is 6.88. The average molecular weight is 322 g/mol. The van der Waals surface area contributed by atoms with E-state index >= 15 is 0 Å². The Morgan fingerprint density at radius 2 is 1.62 bits per heavy atom. The van der Waals surface area contributed by atoms with Crippen molar-refractivity contribution < 1.29 is 0 Å². The number of hydrogen-bond donors (Lipinski definition) is 0. The van der Waals surface area contributed by atoms with Crippen LogP contribution in [-0.4, -0.2) is 52.5 Å². The van der Waals surface area contributed by atoms with Gasteiger partial charge in [0.25, 0.3) is 0 Å². The van der Waals surface area contributed by atoms with Crippen LogP contribution in [0.2, 0.25) is 0 Å². The predicted molar refractivity (Wildman–Crippen MR) is 96.6 cm³/mol. The number of hydrogen-bond acceptors (Lipinski definition) is 4. The molecule has 0 amide bonds. The molecule has 1 aliphatic heterocycles. The summed E-state index contributed by atoms with van der Waals surface area (Å²) in [6.45, 7) is 9.12. The maximum absolute atomic E-state index is 4.59. The molecule has 24 heavy (non-hydrogen) atoms. The van der Waals surface area contributed by atoms with E-state index < -0.39 is 0 Å². The standard InChI is InChI=1S/C20H26N4/c1-16-4-2-3-5-19(16)20-21-12-18(13-22-20)15-24-10-8-23(9-11-24)14-17-6-7-17/h2-5,12-13,17H,6-11,14-15H2,1H3. The van der Waals surface area contributed by atoms with Gasteiger partial charge in [0, 0.05) is 62.8 Å². The number of aryl methyl sites for hydroxylation is 1. The van der Waals surface area contributed by atoms with Crippen molar-refractivity contribution in [2.75, 3.05) is 32.7 Å². The van der Waals surface area contributed by atoms with E-state index in [4.69, 9.17) is 0 Å². The van der Waals surface area contributed by atoms with Gasteiger partial charge in [-0.1, -0.05) is 24.3 Å². The quantitative estimate of drug-likeness (QED) is 0.847. The molecule has 0 bridgehead atoms. The molecule has 1 saturated carbocycles. The smallest absolute Gasteiger partial charge is 0.159 e. The number of nitrogens with zero attached hydrogens (tertiary/aromatic N) is 4. The first-order chi connectivity index (χ1) is 11.8. The topological polar surface area (TPSA) is 32.3 Å². The molecule has 1 aromatic carbocycles. The van der Waals surface area contributed by atoms with Crippen molar-refractivity contribution in [2.24, 2.45) is 5.92 Å². The van der Waals surface area contributed by atoms with Gasteiger partial charge in [0.2, 0.25) is 0 Å². The van der Waals surface area contributed by atoms with Gasteiger partial charge in [-0.3, -0.25) is 4.90 Å². The minimum Gasteiger partial charge on any atom is -0.301 e. The minimum absolute atomic E-state index is 0.825. The molecular weight excluding hydrogens is 296 g/mol. The van der Waals surface area contributed by atoms with Crippen LogP contribution in [0.5, 0.6) is 0 Å². The highest BCUT2D eigenvalue weighted by Crippen LogP contribution is 2.30. The largest absolute Gasteiger partial charge is 0.301 e. The Labute approximate surface area is 144 Å². The maximum atomic E-state index is 4.59. The fraction of sp³-hybridized carbons (Fsp3) is 0.500. The van der Waals surface area contributed by atoms with E-state index in [1.807, 2.05) is 18.5 Å². The average Bonchev–Trinajstić information content (AvgIpc) is 3.42. The van der Waals surface area contributed by atoms with Crippen molar-refractivity contribution in [2.45, 2.75) is 26.3 Å². The molecule has 2 aromatic rings. The second-order valence-corrected chi connectivity index (χ2v) is 7.25. The molecule has 2 fully saturated rings. The van der Waals surface area contributed by atoms with Gasteiger partial charge in [0.1, 0.15) is 0 Å². The van der Waals surface area contributed by atoms with Gasteiger partial charge in [-0.15, -0.1) is 0 Å². The van der Waals surface area contributed by atoms with Crippen molar-refractivity contribution in [1.82, 2.24) is 19.8 Å². The second-order valence-electron chi connectivity index (χ2n) is 7.25. The Bertz CT molecular complexity index is 670. The molecule has 1 aromatic heterocycles. The van der Waals surface area contributed by atoms with Gasteiger partial charge >= 0.3 is 0 Å². The van der Waals surface area contributed by atoms with Crippen molar-refractivity contribution in [3.8, 4) is 11.4 Å². The summed E-state index contributed by atoms with van der Waals surface area (Å²) < 4.78 is 0. The summed E-state index contributed by atoms with van der Waals surface area (Å²) in [5, 5.41) is 0. The number of benzene rings is 1. The van der Waals surface area contributed by atoms with Crippen molar-refractivity contribution in [3.63, 3.8) is 0 Å². The maximum Gasteiger partial charge on any atom is 0.159 e. The van der Waals surface area contributed by atoms with E-state index in [2.05, 4.69) is 44.9 Å². The van der Waals surface area contributed by atoms with Crippen LogP contribution in [0.15, 0.2) is 36.7 Å². The molecule has 0 unspecified atom stereocenters. The molecule has 126 valence electrons. The summed E-state index contributed by atoms with van der Waals surface area (Å²) >= 11 is 0. The fourth-order valence-electron chi connectivity index (χ4n) is 3.45. The third kappa shape index (κ3) is 3.82. The molecule has 0 N–H and O–H groups in total. The van der Waals surface area contributed by atoms with E-state index in [-0.39, 0.29) is 0 Å². The zero-order chi connectivity index (χ0) is 16.4. The third-order valence-electron chi connectivity index (χ3n) is 5.18. The first kappa shape index (κ1) is 15.7. The molecule has 2 heterocycles. The van der Waals surface area contributed by atoms with E-state index in [1.54, 1.807) is 0 Å². The molecule has 1 aliphatic carbocycles. The molecular formula is C20H26N4. The normalized spacial score (nSPS) is 19.5. The predicted octanol–water partition coefficient (Wildman–Crippen LogP) is 2.98. The Morgan fingerprint density at radius 1 is 0.958 bits per heavy atom. The van der Waals surface area contributed by atoms with E-state index in [1.165, 1.54) is 43.6 Å². The van der Waals surface area contributed by atoms with E-state index in [0.717, 1.165) is 36.9 Å². The molecule has 4 rings (SSSR count). The lowest BCUT2D eigenvalue weighted by Crippen LogP contribution is -2.46. The van der Waals surface area contributed by atoms with Gasteiger partial charge in [0.15, 0.2) is 5.82 Å². The Morgan fingerprint density at radius 3 is 2.29 bits per heavy atom. The van der Waals surface area contributed by atoms with Gasteiger partial charge in [-0.25, -0.2) is 9.97 Å². The summed E-state index contributed by atoms with van der Waals surface area (Å²) in [5.41, 5.74) is 3.55. The summed E-state index contributed by atoms with van der Waals surface area (Å²) in [4.78, 5) is 14.3. The number of aromatic nitrogens is 2. The first-order valence-electron chi connectivity index (χ1n) is 9.09. The lowest BCUT2D eigenvalue weighted by molar-refractivity contribution is 0.123. The molecule has 0 atom stereocenters. The zero-order valence-corrected chi connectivity index (χ0v) is 14.5. The molecule has 2 aliphatic rings. The van der Waals surface area contributed by atoms with Crippen molar-refractivity contribution >= 4 is 0 Å².